The van der Waals surface area contributed by atoms with Gasteiger partial charge in [-0.2, -0.15) is 0 Å². The Hall–Kier alpha value is -1.31. The highest BCUT2D eigenvalue weighted by Crippen LogP contribution is 2.10. The van der Waals surface area contributed by atoms with Crippen LogP contribution >= 0.6 is 24.0 Å². The van der Waals surface area contributed by atoms with Gasteiger partial charge in [0.25, 0.3) is 0 Å². The summed E-state index contributed by atoms with van der Waals surface area (Å²) >= 11 is 0. The van der Waals surface area contributed by atoms with Crippen LogP contribution < -0.4 is 11.1 Å². The predicted octanol–water partition coefficient (Wildman–Crippen LogP) is 2.74. The SMILES string of the molecule is Cc1cccc(NC(N)=NCCC(=O)N2CCCCC2)c1.I. The van der Waals surface area contributed by atoms with Gasteiger partial charge in [-0.3, -0.25) is 9.79 Å². The molecule has 6 heteroatoms. The number of rotatable bonds is 4. The van der Waals surface area contributed by atoms with Gasteiger partial charge in [-0.15, -0.1) is 24.0 Å². The highest BCUT2D eigenvalue weighted by molar-refractivity contribution is 14.0. The first-order chi connectivity index (χ1) is 10.1. The molecule has 0 aliphatic carbocycles. The lowest BCUT2D eigenvalue weighted by molar-refractivity contribution is -0.131. The molecule has 1 amide bonds. The number of guanidine groups is 1. The van der Waals surface area contributed by atoms with Gasteiger partial charge in [-0.25, -0.2) is 0 Å². The monoisotopic (exact) mass is 416 g/mol. The topological polar surface area (TPSA) is 70.7 Å². The summed E-state index contributed by atoms with van der Waals surface area (Å²) < 4.78 is 0. The number of aryl methyl sites for hydroxylation is 1. The van der Waals surface area contributed by atoms with E-state index in [1.54, 1.807) is 0 Å². The van der Waals surface area contributed by atoms with E-state index in [1.807, 2.05) is 36.1 Å². The summed E-state index contributed by atoms with van der Waals surface area (Å²) in [6.45, 7) is 4.23. The maximum absolute atomic E-state index is 12.0. The normalized spacial score (nSPS) is 15.1. The average Bonchev–Trinajstić information content (AvgIpc) is 2.48. The van der Waals surface area contributed by atoms with E-state index in [9.17, 15) is 4.79 Å². The molecule has 1 heterocycles. The number of hydrogen-bond acceptors (Lipinski definition) is 2. The molecule has 1 saturated heterocycles. The minimum absolute atomic E-state index is 0. The Bertz CT molecular complexity index is 513. The van der Waals surface area contributed by atoms with Crippen LogP contribution in [0.1, 0.15) is 31.2 Å². The zero-order valence-corrected chi connectivity index (χ0v) is 15.4. The molecule has 0 unspecified atom stereocenters. The number of carbonyl (C=O) groups excluding carboxylic acids is 1. The first-order valence-corrected chi connectivity index (χ1v) is 7.56. The van der Waals surface area contributed by atoms with Gasteiger partial charge in [0.15, 0.2) is 5.96 Å². The fourth-order valence-corrected chi connectivity index (χ4v) is 2.48. The van der Waals surface area contributed by atoms with E-state index < -0.39 is 0 Å². The van der Waals surface area contributed by atoms with E-state index in [2.05, 4.69) is 10.3 Å². The Morgan fingerprint density at radius 3 is 2.73 bits per heavy atom. The van der Waals surface area contributed by atoms with Crippen molar-refractivity contribution in [3.8, 4) is 0 Å². The van der Waals surface area contributed by atoms with Crippen molar-refractivity contribution in [1.29, 1.82) is 0 Å². The Labute approximate surface area is 149 Å². The van der Waals surface area contributed by atoms with Gasteiger partial charge in [0.1, 0.15) is 0 Å². The number of nitrogens with two attached hydrogens (primary N) is 1. The molecule has 3 N–H and O–H groups in total. The third kappa shape index (κ3) is 6.21. The molecule has 1 fully saturated rings. The van der Waals surface area contributed by atoms with Crippen LogP contribution in [-0.4, -0.2) is 36.4 Å². The van der Waals surface area contributed by atoms with Gasteiger partial charge in [0.2, 0.25) is 5.91 Å². The van der Waals surface area contributed by atoms with Crippen molar-refractivity contribution in [3.63, 3.8) is 0 Å². The fraction of sp³-hybridized carbons (Fsp3) is 0.500. The Balaban J connectivity index is 0.00000242. The smallest absolute Gasteiger partial charge is 0.224 e. The lowest BCUT2D eigenvalue weighted by Crippen LogP contribution is -2.36. The summed E-state index contributed by atoms with van der Waals surface area (Å²) in [5.74, 6) is 0.536. The zero-order chi connectivity index (χ0) is 15.1. The van der Waals surface area contributed by atoms with E-state index in [0.29, 0.717) is 18.9 Å². The number of benzene rings is 1. The standard InChI is InChI=1S/C16H24N4O.HI/c1-13-6-5-7-14(12-13)19-16(17)18-9-8-15(21)20-10-3-2-4-11-20;/h5-7,12H,2-4,8-11H2,1H3,(H3,17,18,19);1H. The second-order valence-corrected chi connectivity index (χ2v) is 5.45. The number of piperidine rings is 1. The predicted molar refractivity (Wildman–Crippen MR) is 102 cm³/mol. The number of nitrogens with zero attached hydrogens (tertiary/aromatic N) is 2. The summed E-state index contributed by atoms with van der Waals surface area (Å²) in [6, 6.07) is 7.93. The van der Waals surface area contributed by atoms with E-state index >= 15 is 0 Å². The van der Waals surface area contributed by atoms with Gasteiger partial charge >= 0.3 is 0 Å². The van der Waals surface area contributed by atoms with Crippen LogP contribution in [0.3, 0.4) is 0 Å². The molecule has 0 aromatic heterocycles. The molecule has 5 nitrogen and oxygen atoms in total. The van der Waals surface area contributed by atoms with Crippen molar-refractivity contribution in [2.24, 2.45) is 10.7 Å². The maximum Gasteiger partial charge on any atom is 0.224 e. The molecule has 2 rings (SSSR count). The summed E-state index contributed by atoms with van der Waals surface area (Å²) in [7, 11) is 0. The van der Waals surface area contributed by atoms with Crippen LogP contribution in [0.25, 0.3) is 0 Å². The second kappa shape index (κ2) is 9.66. The molecule has 22 heavy (non-hydrogen) atoms. The molecule has 0 spiro atoms. The Morgan fingerprint density at radius 1 is 1.32 bits per heavy atom. The second-order valence-electron chi connectivity index (χ2n) is 5.45. The highest BCUT2D eigenvalue weighted by Gasteiger charge is 2.15. The van der Waals surface area contributed by atoms with Crippen molar-refractivity contribution >= 4 is 41.5 Å². The lowest BCUT2D eigenvalue weighted by atomic mass is 10.1. The number of likely N-dealkylation sites (tertiary alicyclic amines) is 1. The number of halogens is 1. The molecule has 1 aliphatic heterocycles. The first kappa shape index (κ1) is 18.7. The Kier molecular flexibility index (Phi) is 8.22. The summed E-state index contributed by atoms with van der Waals surface area (Å²) in [4.78, 5) is 18.1. The van der Waals surface area contributed by atoms with Gasteiger partial charge < -0.3 is 16.0 Å². The molecule has 0 radical (unpaired) electrons. The van der Waals surface area contributed by atoms with E-state index in [4.69, 9.17) is 5.73 Å². The van der Waals surface area contributed by atoms with E-state index in [0.717, 1.165) is 37.2 Å². The zero-order valence-electron chi connectivity index (χ0n) is 13.0. The molecule has 0 saturated carbocycles. The lowest BCUT2D eigenvalue weighted by Gasteiger charge is -2.26. The van der Waals surface area contributed by atoms with Crippen molar-refractivity contribution in [3.05, 3.63) is 29.8 Å². The van der Waals surface area contributed by atoms with Crippen molar-refractivity contribution < 1.29 is 4.79 Å². The summed E-state index contributed by atoms with van der Waals surface area (Å²) in [5.41, 5.74) is 7.91. The molecule has 0 atom stereocenters. The molecule has 1 aromatic rings. The van der Waals surface area contributed by atoms with Crippen molar-refractivity contribution in [2.45, 2.75) is 32.6 Å². The van der Waals surface area contributed by atoms with Gasteiger partial charge in [-0.05, 0) is 43.9 Å². The van der Waals surface area contributed by atoms with Crippen LogP contribution in [-0.2, 0) is 4.79 Å². The van der Waals surface area contributed by atoms with Crippen LogP contribution in [0.4, 0.5) is 5.69 Å². The minimum Gasteiger partial charge on any atom is -0.370 e. The highest BCUT2D eigenvalue weighted by atomic mass is 127. The fourth-order valence-electron chi connectivity index (χ4n) is 2.48. The third-order valence-electron chi connectivity index (χ3n) is 3.61. The summed E-state index contributed by atoms with van der Waals surface area (Å²) in [5, 5.41) is 3.04. The molecule has 1 aliphatic rings. The molecular weight excluding hydrogens is 391 g/mol. The number of amides is 1. The van der Waals surface area contributed by atoms with Crippen LogP contribution in [0.15, 0.2) is 29.3 Å². The number of anilines is 1. The Morgan fingerprint density at radius 2 is 2.05 bits per heavy atom. The molecule has 122 valence electrons. The van der Waals surface area contributed by atoms with Crippen LogP contribution in [0.2, 0.25) is 0 Å². The summed E-state index contributed by atoms with van der Waals surface area (Å²) in [6.07, 6.45) is 3.89. The van der Waals surface area contributed by atoms with E-state index in [-0.39, 0.29) is 29.9 Å². The minimum atomic E-state index is 0. The largest absolute Gasteiger partial charge is 0.370 e. The molecule has 0 bridgehead atoms. The molecule has 1 aromatic carbocycles. The molecular formula is C16H25IN4O. The third-order valence-corrected chi connectivity index (χ3v) is 3.61. The van der Waals surface area contributed by atoms with Gasteiger partial charge in [-0.1, -0.05) is 12.1 Å². The first-order valence-electron chi connectivity index (χ1n) is 7.56. The van der Waals surface area contributed by atoms with Crippen molar-refractivity contribution in [1.82, 2.24) is 4.90 Å². The number of hydrogen-bond donors (Lipinski definition) is 2. The van der Waals surface area contributed by atoms with Crippen molar-refractivity contribution in [2.75, 3.05) is 25.0 Å². The quantitative estimate of drug-likeness (QED) is 0.451. The van der Waals surface area contributed by atoms with E-state index in [1.165, 1.54) is 6.42 Å². The maximum atomic E-state index is 12.0. The van der Waals surface area contributed by atoms with Gasteiger partial charge in [0.05, 0.1) is 6.54 Å². The number of carbonyl (C=O) groups is 1. The number of aliphatic imine (C=N–C) groups is 1. The number of nitrogens with one attached hydrogen (secondary N) is 1. The van der Waals surface area contributed by atoms with Gasteiger partial charge in [0, 0.05) is 25.2 Å². The average molecular weight is 416 g/mol. The van der Waals surface area contributed by atoms with Crippen LogP contribution in [0, 0.1) is 6.92 Å². The van der Waals surface area contributed by atoms with Crippen LogP contribution in [0.5, 0.6) is 0 Å².